The van der Waals surface area contributed by atoms with Crippen molar-refractivity contribution in [3.05, 3.63) is 33.8 Å². The van der Waals surface area contributed by atoms with Crippen molar-refractivity contribution in [3.63, 3.8) is 0 Å². The van der Waals surface area contributed by atoms with Crippen molar-refractivity contribution < 1.29 is 8.78 Å². The van der Waals surface area contributed by atoms with Gasteiger partial charge in [0.25, 0.3) is 0 Å². The summed E-state index contributed by atoms with van der Waals surface area (Å²) in [6.07, 6.45) is 0. The van der Waals surface area contributed by atoms with Gasteiger partial charge in [0.1, 0.15) is 0 Å². The molecule has 1 N–H and O–H groups in total. The summed E-state index contributed by atoms with van der Waals surface area (Å²) in [5.41, 5.74) is 0.710. The van der Waals surface area contributed by atoms with Crippen LogP contribution in [0.15, 0.2) is 16.6 Å². The maximum Gasteiger partial charge on any atom is 0.173 e. The average Bonchev–Trinajstić information content (AvgIpc) is 2.13. The van der Waals surface area contributed by atoms with Gasteiger partial charge < -0.3 is 5.32 Å². The lowest BCUT2D eigenvalue weighted by atomic mass is 10.1. The molecule has 1 unspecified atom stereocenters. The molecule has 0 bridgehead atoms. The van der Waals surface area contributed by atoms with Crippen molar-refractivity contribution in [2.45, 2.75) is 13.0 Å². The summed E-state index contributed by atoms with van der Waals surface area (Å²) >= 11 is 3.02. The third-order valence-corrected chi connectivity index (χ3v) is 2.77. The molecule has 0 fully saturated rings. The molecule has 0 saturated carbocycles. The van der Waals surface area contributed by atoms with Crippen LogP contribution in [0.5, 0.6) is 0 Å². The summed E-state index contributed by atoms with van der Waals surface area (Å²) in [5, 5.41) is 2.95. The molecule has 1 atom stereocenters. The molecule has 0 aliphatic heterocycles. The fourth-order valence-electron chi connectivity index (χ4n) is 1.03. The van der Waals surface area contributed by atoms with Crippen LogP contribution in [0.25, 0.3) is 0 Å². The lowest BCUT2D eigenvalue weighted by Gasteiger charge is -2.13. The molecule has 0 spiro atoms. The van der Waals surface area contributed by atoms with Crippen LogP contribution in [0.3, 0.4) is 0 Å². The van der Waals surface area contributed by atoms with Crippen molar-refractivity contribution in [3.8, 4) is 0 Å². The molecule has 0 aliphatic carbocycles. The minimum absolute atomic E-state index is 0.00975. The standard InChI is InChI=1S/C9H10BrF2N/c1-5(13-2)6-3-4-7(11)9(12)8(6)10/h3-5,13H,1-2H3. The zero-order valence-corrected chi connectivity index (χ0v) is 8.95. The van der Waals surface area contributed by atoms with E-state index in [1.807, 2.05) is 6.92 Å². The van der Waals surface area contributed by atoms with Gasteiger partial charge in [-0.2, -0.15) is 0 Å². The molecule has 0 saturated heterocycles. The SMILES string of the molecule is CNC(C)c1ccc(F)c(F)c1Br. The Kier molecular flexibility index (Phi) is 3.39. The molecule has 4 heteroatoms. The first-order chi connectivity index (χ1) is 6.07. The van der Waals surface area contributed by atoms with E-state index in [1.54, 1.807) is 13.1 Å². The first kappa shape index (κ1) is 10.6. The van der Waals surface area contributed by atoms with Crippen molar-refractivity contribution in [2.24, 2.45) is 0 Å². The second-order valence-electron chi connectivity index (χ2n) is 2.77. The van der Waals surface area contributed by atoms with Crippen molar-refractivity contribution in [1.82, 2.24) is 5.32 Å². The Hall–Kier alpha value is -0.480. The van der Waals surface area contributed by atoms with Crippen molar-refractivity contribution >= 4 is 15.9 Å². The van der Waals surface area contributed by atoms with E-state index in [1.165, 1.54) is 0 Å². The van der Waals surface area contributed by atoms with Crippen LogP contribution in [0.4, 0.5) is 8.78 Å². The fourth-order valence-corrected chi connectivity index (χ4v) is 1.70. The Morgan fingerprint density at radius 2 is 2.00 bits per heavy atom. The van der Waals surface area contributed by atoms with Gasteiger partial charge in [-0.1, -0.05) is 6.07 Å². The second kappa shape index (κ2) is 4.15. The number of hydrogen-bond acceptors (Lipinski definition) is 1. The highest BCUT2D eigenvalue weighted by molar-refractivity contribution is 9.10. The number of nitrogens with one attached hydrogen (secondary N) is 1. The highest BCUT2D eigenvalue weighted by atomic mass is 79.9. The van der Waals surface area contributed by atoms with Gasteiger partial charge in [0.15, 0.2) is 11.6 Å². The molecule has 13 heavy (non-hydrogen) atoms. The Bertz CT molecular complexity index is 315. The summed E-state index contributed by atoms with van der Waals surface area (Å²) in [4.78, 5) is 0. The van der Waals surface area contributed by atoms with E-state index in [4.69, 9.17) is 0 Å². The molecule has 0 radical (unpaired) electrons. The summed E-state index contributed by atoms with van der Waals surface area (Å²) in [6.45, 7) is 1.87. The largest absolute Gasteiger partial charge is 0.313 e. The van der Waals surface area contributed by atoms with E-state index in [0.29, 0.717) is 5.56 Å². The van der Waals surface area contributed by atoms with Crippen LogP contribution in [0.1, 0.15) is 18.5 Å². The van der Waals surface area contributed by atoms with Gasteiger partial charge in [0.05, 0.1) is 4.47 Å². The van der Waals surface area contributed by atoms with Crippen LogP contribution in [-0.4, -0.2) is 7.05 Å². The van der Waals surface area contributed by atoms with E-state index >= 15 is 0 Å². The summed E-state index contributed by atoms with van der Waals surface area (Å²) in [6, 6.07) is 2.68. The minimum Gasteiger partial charge on any atom is -0.313 e. The normalized spacial score (nSPS) is 13.0. The van der Waals surface area contributed by atoms with Gasteiger partial charge in [-0.25, -0.2) is 8.78 Å². The summed E-state index contributed by atoms with van der Waals surface area (Å²) in [7, 11) is 1.76. The van der Waals surface area contributed by atoms with Crippen LogP contribution >= 0.6 is 15.9 Å². The second-order valence-corrected chi connectivity index (χ2v) is 3.57. The van der Waals surface area contributed by atoms with Crippen LogP contribution in [-0.2, 0) is 0 Å². The first-order valence-electron chi connectivity index (χ1n) is 3.88. The van der Waals surface area contributed by atoms with Gasteiger partial charge in [0.2, 0.25) is 0 Å². The Balaban J connectivity index is 3.18. The third kappa shape index (κ3) is 2.06. The average molecular weight is 250 g/mol. The van der Waals surface area contributed by atoms with Crippen LogP contribution in [0.2, 0.25) is 0 Å². The van der Waals surface area contributed by atoms with E-state index in [9.17, 15) is 8.78 Å². The monoisotopic (exact) mass is 249 g/mol. The van der Waals surface area contributed by atoms with Crippen LogP contribution in [0, 0.1) is 11.6 Å². The van der Waals surface area contributed by atoms with E-state index in [2.05, 4.69) is 21.2 Å². The maximum absolute atomic E-state index is 13.0. The predicted molar refractivity (Wildman–Crippen MR) is 51.5 cm³/mol. The van der Waals surface area contributed by atoms with E-state index in [-0.39, 0.29) is 10.5 Å². The Morgan fingerprint density at radius 1 is 1.38 bits per heavy atom. The molecule has 0 heterocycles. The van der Waals surface area contributed by atoms with Crippen molar-refractivity contribution in [1.29, 1.82) is 0 Å². The number of halogens is 3. The minimum atomic E-state index is -0.834. The topological polar surface area (TPSA) is 12.0 Å². The smallest absolute Gasteiger partial charge is 0.173 e. The first-order valence-corrected chi connectivity index (χ1v) is 4.68. The molecular weight excluding hydrogens is 240 g/mol. The summed E-state index contributed by atoms with van der Waals surface area (Å²) in [5.74, 6) is -1.67. The number of benzene rings is 1. The highest BCUT2D eigenvalue weighted by Crippen LogP contribution is 2.27. The van der Waals surface area contributed by atoms with Crippen LogP contribution < -0.4 is 5.32 Å². The quantitative estimate of drug-likeness (QED) is 0.795. The molecule has 0 aromatic heterocycles. The lowest BCUT2D eigenvalue weighted by Crippen LogP contribution is -2.13. The van der Waals surface area contributed by atoms with Gasteiger partial charge in [-0.3, -0.25) is 0 Å². The zero-order valence-electron chi connectivity index (χ0n) is 7.37. The Labute approximate surface area is 84.3 Å². The highest BCUT2D eigenvalue weighted by Gasteiger charge is 2.14. The van der Waals surface area contributed by atoms with Crippen molar-refractivity contribution in [2.75, 3.05) is 7.05 Å². The van der Waals surface area contributed by atoms with Gasteiger partial charge in [0, 0.05) is 6.04 Å². The molecule has 1 rings (SSSR count). The Morgan fingerprint density at radius 3 is 2.54 bits per heavy atom. The van der Waals surface area contributed by atoms with Gasteiger partial charge in [-0.05, 0) is 41.5 Å². The molecule has 1 nitrogen and oxygen atoms in total. The number of hydrogen-bond donors (Lipinski definition) is 1. The third-order valence-electron chi connectivity index (χ3n) is 1.96. The van der Waals surface area contributed by atoms with Gasteiger partial charge >= 0.3 is 0 Å². The zero-order chi connectivity index (χ0) is 10.0. The lowest BCUT2D eigenvalue weighted by molar-refractivity contribution is 0.498. The molecule has 72 valence electrons. The summed E-state index contributed by atoms with van der Waals surface area (Å²) < 4.78 is 25.9. The molecule has 1 aromatic carbocycles. The molecule has 1 aromatic rings. The maximum atomic E-state index is 13.0. The molecule has 0 aliphatic rings. The van der Waals surface area contributed by atoms with Gasteiger partial charge in [-0.15, -0.1) is 0 Å². The van der Waals surface area contributed by atoms with E-state index in [0.717, 1.165) is 6.07 Å². The predicted octanol–water partition coefficient (Wildman–Crippen LogP) is 3.01. The van der Waals surface area contributed by atoms with E-state index < -0.39 is 11.6 Å². The molecule has 0 amide bonds. The molecular formula is C9H10BrF2N. The fraction of sp³-hybridized carbons (Fsp3) is 0.333. The number of rotatable bonds is 2.